The van der Waals surface area contributed by atoms with Crippen LogP contribution in [0.2, 0.25) is 0 Å². The Balaban J connectivity index is 1.57. The molecular formula is C14H19BrN2O. The molecule has 0 aliphatic heterocycles. The van der Waals surface area contributed by atoms with Crippen LogP contribution in [0, 0.1) is 17.8 Å². The van der Waals surface area contributed by atoms with Gasteiger partial charge in [-0.2, -0.15) is 0 Å². The van der Waals surface area contributed by atoms with E-state index in [4.69, 9.17) is 0 Å². The summed E-state index contributed by atoms with van der Waals surface area (Å²) in [4.78, 5) is 12.1. The summed E-state index contributed by atoms with van der Waals surface area (Å²) in [5, 5.41) is 3.10. The average molecular weight is 311 g/mol. The Labute approximate surface area is 116 Å². The maximum absolute atomic E-state index is 12.1. The van der Waals surface area contributed by atoms with Crippen LogP contribution in [0.5, 0.6) is 0 Å². The van der Waals surface area contributed by atoms with Gasteiger partial charge < -0.3 is 9.88 Å². The van der Waals surface area contributed by atoms with E-state index in [1.165, 1.54) is 25.7 Å². The predicted octanol–water partition coefficient (Wildman–Crippen LogP) is 2.95. The minimum Gasteiger partial charge on any atom is -0.350 e. The molecule has 1 aromatic rings. The average Bonchev–Trinajstić information content (AvgIpc) is 3.01. The fraction of sp³-hybridized carbons (Fsp3) is 0.643. The van der Waals surface area contributed by atoms with E-state index in [1.807, 2.05) is 23.9 Å². The highest BCUT2D eigenvalue weighted by molar-refractivity contribution is 9.10. The molecule has 18 heavy (non-hydrogen) atoms. The molecule has 3 atom stereocenters. The number of nitrogens with one attached hydrogen (secondary N) is 1. The topological polar surface area (TPSA) is 34.0 Å². The maximum atomic E-state index is 12.1. The fourth-order valence-electron chi connectivity index (χ4n) is 3.69. The van der Waals surface area contributed by atoms with Gasteiger partial charge in [-0.15, -0.1) is 0 Å². The standard InChI is InChI=1S/C14H19BrN2O/c1-17-8-12(15)6-13(17)14(18)16-7-11-5-9-2-3-10(11)4-9/h6,8-11H,2-5,7H2,1H3,(H,16,18). The summed E-state index contributed by atoms with van der Waals surface area (Å²) in [7, 11) is 1.90. The van der Waals surface area contributed by atoms with Gasteiger partial charge in [0.1, 0.15) is 5.69 Å². The van der Waals surface area contributed by atoms with E-state index in [0.29, 0.717) is 0 Å². The summed E-state index contributed by atoms with van der Waals surface area (Å²) in [5.41, 5.74) is 0.727. The molecule has 0 saturated heterocycles. The Hall–Kier alpha value is -0.770. The molecule has 2 bridgehead atoms. The van der Waals surface area contributed by atoms with Crippen molar-refractivity contribution in [3.63, 3.8) is 0 Å². The molecule has 3 rings (SSSR count). The number of halogens is 1. The monoisotopic (exact) mass is 310 g/mol. The minimum atomic E-state index is 0.0472. The molecule has 0 spiro atoms. The van der Waals surface area contributed by atoms with Gasteiger partial charge in [-0.1, -0.05) is 6.42 Å². The van der Waals surface area contributed by atoms with E-state index in [1.54, 1.807) is 0 Å². The van der Waals surface area contributed by atoms with Crippen LogP contribution in [0.4, 0.5) is 0 Å². The Morgan fingerprint density at radius 1 is 1.50 bits per heavy atom. The van der Waals surface area contributed by atoms with Crippen LogP contribution in [-0.4, -0.2) is 17.0 Å². The first-order valence-electron chi connectivity index (χ1n) is 6.73. The molecule has 0 aromatic carbocycles. The predicted molar refractivity (Wildman–Crippen MR) is 74.4 cm³/mol. The number of fused-ring (bicyclic) bond motifs is 2. The number of rotatable bonds is 3. The molecule has 1 heterocycles. The third kappa shape index (κ3) is 2.22. The lowest BCUT2D eigenvalue weighted by Gasteiger charge is -2.21. The van der Waals surface area contributed by atoms with Gasteiger partial charge in [-0.25, -0.2) is 0 Å². The van der Waals surface area contributed by atoms with E-state index in [9.17, 15) is 4.79 Å². The van der Waals surface area contributed by atoms with Crippen LogP contribution in [0.3, 0.4) is 0 Å². The van der Waals surface area contributed by atoms with Crippen molar-refractivity contribution < 1.29 is 4.79 Å². The Morgan fingerprint density at radius 3 is 2.89 bits per heavy atom. The Bertz CT molecular complexity index is 468. The number of amides is 1. The molecule has 2 fully saturated rings. The largest absolute Gasteiger partial charge is 0.350 e. The highest BCUT2D eigenvalue weighted by Gasteiger charge is 2.39. The quantitative estimate of drug-likeness (QED) is 0.915. The first-order chi connectivity index (χ1) is 8.63. The normalized spacial score (nSPS) is 29.8. The highest BCUT2D eigenvalue weighted by Crippen LogP contribution is 2.47. The van der Waals surface area contributed by atoms with E-state index in [-0.39, 0.29) is 5.91 Å². The van der Waals surface area contributed by atoms with Crippen molar-refractivity contribution >= 4 is 21.8 Å². The van der Waals surface area contributed by atoms with Gasteiger partial charge in [0.2, 0.25) is 0 Å². The lowest BCUT2D eigenvalue weighted by molar-refractivity contribution is 0.0933. The van der Waals surface area contributed by atoms with Crippen LogP contribution >= 0.6 is 15.9 Å². The Kier molecular flexibility index (Phi) is 3.22. The molecule has 2 aliphatic rings. The molecule has 2 aliphatic carbocycles. The van der Waals surface area contributed by atoms with Gasteiger partial charge in [0, 0.05) is 24.3 Å². The van der Waals surface area contributed by atoms with Gasteiger partial charge in [-0.05, 0) is 59.0 Å². The molecule has 1 aromatic heterocycles. The fourth-order valence-corrected chi connectivity index (χ4v) is 4.21. The number of carbonyl (C=O) groups is 1. The summed E-state index contributed by atoms with van der Waals surface area (Å²) in [6.07, 6.45) is 7.42. The number of hydrogen-bond acceptors (Lipinski definition) is 1. The molecule has 4 heteroatoms. The maximum Gasteiger partial charge on any atom is 0.267 e. The second-order valence-corrected chi connectivity index (χ2v) is 6.72. The first-order valence-corrected chi connectivity index (χ1v) is 7.53. The van der Waals surface area contributed by atoms with Crippen molar-refractivity contribution in [3.05, 3.63) is 22.4 Å². The zero-order chi connectivity index (χ0) is 12.7. The van der Waals surface area contributed by atoms with Crippen molar-refractivity contribution in [1.29, 1.82) is 0 Å². The molecular weight excluding hydrogens is 292 g/mol. The van der Waals surface area contributed by atoms with Crippen LogP contribution in [0.1, 0.15) is 36.2 Å². The van der Waals surface area contributed by atoms with Crippen LogP contribution in [0.25, 0.3) is 0 Å². The van der Waals surface area contributed by atoms with Crippen LogP contribution in [-0.2, 0) is 7.05 Å². The van der Waals surface area contributed by atoms with Crippen molar-refractivity contribution in [2.45, 2.75) is 25.7 Å². The first kappa shape index (κ1) is 12.3. The second kappa shape index (κ2) is 4.72. The zero-order valence-corrected chi connectivity index (χ0v) is 12.2. The van der Waals surface area contributed by atoms with Crippen molar-refractivity contribution in [2.75, 3.05) is 6.54 Å². The zero-order valence-electron chi connectivity index (χ0n) is 10.7. The highest BCUT2D eigenvalue weighted by atomic mass is 79.9. The number of carbonyl (C=O) groups excluding carboxylic acids is 1. The van der Waals surface area contributed by atoms with Crippen molar-refractivity contribution in [1.82, 2.24) is 9.88 Å². The van der Waals surface area contributed by atoms with Gasteiger partial charge in [0.25, 0.3) is 5.91 Å². The number of nitrogens with zero attached hydrogens (tertiary/aromatic N) is 1. The second-order valence-electron chi connectivity index (χ2n) is 5.80. The van der Waals surface area contributed by atoms with Gasteiger partial charge in [0.05, 0.1) is 0 Å². The SMILES string of the molecule is Cn1cc(Br)cc1C(=O)NCC1CC2CCC1C2. The van der Waals surface area contributed by atoms with Crippen LogP contribution < -0.4 is 5.32 Å². The smallest absolute Gasteiger partial charge is 0.267 e. The lowest BCUT2D eigenvalue weighted by atomic mass is 9.89. The Morgan fingerprint density at radius 2 is 2.33 bits per heavy atom. The third-order valence-corrected chi connectivity index (χ3v) is 5.05. The lowest BCUT2D eigenvalue weighted by Crippen LogP contribution is -2.32. The molecule has 3 unspecified atom stereocenters. The van der Waals surface area contributed by atoms with Gasteiger partial charge in [-0.3, -0.25) is 4.79 Å². The van der Waals surface area contributed by atoms with E-state index in [0.717, 1.165) is 34.5 Å². The summed E-state index contributed by atoms with van der Waals surface area (Å²) >= 11 is 3.39. The number of hydrogen-bond donors (Lipinski definition) is 1. The molecule has 3 nitrogen and oxygen atoms in total. The number of aromatic nitrogens is 1. The summed E-state index contributed by atoms with van der Waals surface area (Å²) in [6, 6.07) is 1.87. The van der Waals surface area contributed by atoms with Gasteiger partial charge >= 0.3 is 0 Å². The van der Waals surface area contributed by atoms with E-state index >= 15 is 0 Å². The summed E-state index contributed by atoms with van der Waals surface area (Å²) < 4.78 is 2.82. The minimum absolute atomic E-state index is 0.0472. The van der Waals surface area contributed by atoms with E-state index < -0.39 is 0 Å². The molecule has 2 saturated carbocycles. The molecule has 98 valence electrons. The van der Waals surface area contributed by atoms with Crippen molar-refractivity contribution in [2.24, 2.45) is 24.8 Å². The number of aryl methyl sites for hydroxylation is 1. The summed E-state index contributed by atoms with van der Waals surface area (Å²) in [5.74, 6) is 2.58. The van der Waals surface area contributed by atoms with Gasteiger partial charge in [0.15, 0.2) is 0 Å². The molecule has 1 N–H and O–H groups in total. The van der Waals surface area contributed by atoms with E-state index in [2.05, 4.69) is 21.2 Å². The van der Waals surface area contributed by atoms with Crippen molar-refractivity contribution in [3.8, 4) is 0 Å². The third-order valence-electron chi connectivity index (χ3n) is 4.61. The molecule has 1 amide bonds. The summed E-state index contributed by atoms with van der Waals surface area (Å²) in [6.45, 7) is 0.850. The molecule has 0 radical (unpaired) electrons. The van der Waals surface area contributed by atoms with Crippen LogP contribution in [0.15, 0.2) is 16.7 Å².